The highest BCUT2D eigenvalue weighted by Gasteiger charge is 2.15. The van der Waals surface area contributed by atoms with Gasteiger partial charge >= 0.3 is 5.97 Å². The standard InChI is InChI=1S/C14H14Cl2N2O2/c1-3-20-14(19)11-7-17-18(9(11)2)8-10-4-5-12(15)13(16)6-10/h4-7H,3,8H2,1-2H3. The smallest absolute Gasteiger partial charge is 0.341 e. The van der Waals surface area contributed by atoms with E-state index in [4.69, 9.17) is 27.9 Å². The average molecular weight is 313 g/mol. The van der Waals surface area contributed by atoms with Crippen LogP contribution in [0.2, 0.25) is 10.0 Å². The van der Waals surface area contributed by atoms with Crippen molar-refractivity contribution in [1.82, 2.24) is 9.78 Å². The molecule has 0 aliphatic heterocycles. The maximum Gasteiger partial charge on any atom is 0.341 e. The van der Waals surface area contributed by atoms with Crippen LogP contribution in [0.5, 0.6) is 0 Å². The Bertz CT molecular complexity index is 638. The molecular formula is C14H14Cl2N2O2. The van der Waals surface area contributed by atoms with E-state index in [2.05, 4.69) is 5.10 Å². The predicted molar refractivity (Wildman–Crippen MR) is 78.5 cm³/mol. The van der Waals surface area contributed by atoms with E-state index < -0.39 is 0 Å². The maximum absolute atomic E-state index is 11.7. The van der Waals surface area contributed by atoms with Crippen LogP contribution < -0.4 is 0 Å². The molecule has 1 aromatic carbocycles. The Hall–Kier alpha value is -1.52. The van der Waals surface area contributed by atoms with Gasteiger partial charge in [0.15, 0.2) is 0 Å². The summed E-state index contributed by atoms with van der Waals surface area (Å²) in [6.07, 6.45) is 1.52. The molecule has 0 radical (unpaired) electrons. The molecule has 0 atom stereocenters. The third kappa shape index (κ3) is 3.14. The van der Waals surface area contributed by atoms with Gasteiger partial charge in [0, 0.05) is 0 Å². The highest BCUT2D eigenvalue weighted by atomic mass is 35.5. The molecule has 6 heteroatoms. The number of carbonyl (C=O) groups excluding carboxylic acids is 1. The predicted octanol–water partition coefficient (Wildman–Crippen LogP) is 3.72. The van der Waals surface area contributed by atoms with Crippen molar-refractivity contribution in [2.24, 2.45) is 0 Å². The van der Waals surface area contributed by atoms with Gasteiger partial charge in [-0.2, -0.15) is 5.10 Å². The van der Waals surface area contributed by atoms with Gasteiger partial charge in [-0.15, -0.1) is 0 Å². The summed E-state index contributed by atoms with van der Waals surface area (Å²) in [5.41, 5.74) is 2.20. The van der Waals surface area contributed by atoms with Crippen molar-refractivity contribution in [3.63, 3.8) is 0 Å². The molecular weight excluding hydrogens is 299 g/mol. The minimum Gasteiger partial charge on any atom is -0.462 e. The summed E-state index contributed by atoms with van der Waals surface area (Å²) in [4.78, 5) is 11.7. The van der Waals surface area contributed by atoms with Crippen LogP contribution >= 0.6 is 23.2 Å². The summed E-state index contributed by atoms with van der Waals surface area (Å²) in [5, 5.41) is 5.22. The summed E-state index contributed by atoms with van der Waals surface area (Å²) in [6, 6.07) is 5.40. The first-order valence-corrected chi connectivity index (χ1v) is 6.92. The molecule has 0 unspecified atom stereocenters. The first-order valence-electron chi connectivity index (χ1n) is 6.16. The summed E-state index contributed by atoms with van der Waals surface area (Å²) in [6.45, 7) is 4.46. The molecule has 1 heterocycles. The van der Waals surface area contributed by atoms with Crippen molar-refractivity contribution in [3.05, 3.63) is 51.3 Å². The number of ether oxygens (including phenoxy) is 1. The highest BCUT2D eigenvalue weighted by molar-refractivity contribution is 6.42. The molecule has 0 bridgehead atoms. The second-order valence-corrected chi connectivity index (χ2v) is 5.08. The first-order chi connectivity index (χ1) is 9.52. The molecule has 0 spiro atoms. The molecule has 20 heavy (non-hydrogen) atoms. The lowest BCUT2D eigenvalue weighted by Crippen LogP contribution is -2.08. The van der Waals surface area contributed by atoms with Gasteiger partial charge < -0.3 is 4.74 Å². The van der Waals surface area contributed by atoms with E-state index in [-0.39, 0.29) is 5.97 Å². The van der Waals surface area contributed by atoms with Gasteiger partial charge in [-0.05, 0) is 31.5 Å². The van der Waals surface area contributed by atoms with Crippen LogP contribution in [0.4, 0.5) is 0 Å². The number of esters is 1. The van der Waals surface area contributed by atoms with Crippen LogP contribution in [0.1, 0.15) is 28.5 Å². The van der Waals surface area contributed by atoms with Crippen LogP contribution in [-0.2, 0) is 11.3 Å². The van der Waals surface area contributed by atoms with Crippen molar-refractivity contribution >= 4 is 29.2 Å². The van der Waals surface area contributed by atoms with Gasteiger partial charge in [0.1, 0.15) is 5.56 Å². The van der Waals surface area contributed by atoms with E-state index >= 15 is 0 Å². The number of halogens is 2. The minimum absolute atomic E-state index is 0.343. The summed E-state index contributed by atoms with van der Waals surface area (Å²) >= 11 is 11.9. The number of carbonyl (C=O) groups is 1. The van der Waals surface area contributed by atoms with E-state index in [1.807, 2.05) is 13.0 Å². The lowest BCUT2D eigenvalue weighted by Gasteiger charge is -2.07. The summed E-state index contributed by atoms with van der Waals surface area (Å²) in [5.74, 6) is -0.356. The number of rotatable bonds is 4. The molecule has 4 nitrogen and oxygen atoms in total. The number of hydrogen-bond acceptors (Lipinski definition) is 3. The lowest BCUT2D eigenvalue weighted by molar-refractivity contribution is 0.0525. The van der Waals surface area contributed by atoms with Crippen molar-refractivity contribution in [1.29, 1.82) is 0 Å². The Morgan fingerprint density at radius 1 is 1.35 bits per heavy atom. The fourth-order valence-electron chi connectivity index (χ4n) is 1.83. The van der Waals surface area contributed by atoms with Crippen molar-refractivity contribution in [2.45, 2.75) is 20.4 Å². The first kappa shape index (κ1) is 14.9. The lowest BCUT2D eigenvalue weighted by atomic mass is 10.2. The zero-order chi connectivity index (χ0) is 14.7. The van der Waals surface area contributed by atoms with Gasteiger partial charge in [0.25, 0.3) is 0 Å². The molecule has 0 aliphatic carbocycles. The van der Waals surface area contributed by atoms with Crippen LogP contribution in [-0.4, -0.2) is 22.4 Å². The van der Waals surface area contributed by atoms with Gasteiger partial charge in [-0.25, -0.2) is 4.79 Å². The molecule has 0 amide bonds. The Labute approximate surface area is 127 Å². The Morgan fingerprint density at radius 2 is 2.10 bits per heavy atom. The van der Waals surface area contributed by atoms with Crippen molar-refractivity contribution in [2.75, 3.05) is 6.61 Å². The van der Waals surface area contributed by atoms with Gasteiger partial charge in [0.05, 0.1) is 35.1 Å². The normalized spacial score (nSPS) is 10.6. The van der Waals surface area contributed by atoms with Crippen LogP contribution in [0.3, 0.4) is 0 Å². The summed E-state index contributed by atoms with van der Waals surface area (Å²) < 4.78 is 6.70. The second kappa shape index (κ2) is 6.29. The van der Waals surface area contributed by atoms with Crippen LogP contribution in [0.25, 0.3) is 0 Å². The van der Waals surface area contributed by atoms with Gasteiger partial charge in [-0.1, -0.05) is 29.3 Å². The molecule has 0 N–H and O–H groups in total. The van der Waals surface area contributed by atoms with Crippen LogP contribution in [0, 0.1) is 6.92 Å². The Balaban J connectivity index is 2.22. The SMILES string of the molecule is CCOC(=O)c1cnn(Cc2ccc(Cl)c(Cl)c2)c1C. The average Bonchev–Trinajstić information content (AvgIpc) is 2.76. The zero-order valence-electron chi connectivity index (χ0n) is 11.2. The highest BCUT2D eigenvalue weighted by Crippen LogP contribution is 2.23. The monoisotopic (exact) mass is 312 g/mol. The third-order valence-electron chi connectivity index (χ3n) is 2.91. The number of benzene rings is 1. The number of nitrogens with zero attached hydrogens (tertiary/aromatic N) is 2. The zero-order valence-corrected chi connectivity index (χ0v) is 12.7. The largest absolute Gasteiger partial charge is 0.462 e. The van der Waals surface area contributed by atoms with E-state index in [1.165, 1.54) is 6.20 Å². The van der Waals surface area contributed by atoms with Crippen molar-refractivity contribution < 1.29 is 9.53 Å². The molecule has 2 rings (SSSR count). The topological polar surface area (TPSA) is 44.1 Å². The Morgan fingerprint density at radius 3 is 2.75 bits per heavy atom. The third-order valence-corrected chi connectivity index (χ3v) is 3.65. The second-order valence-electron chi connectivity index (χ2n) is 4.27. The quantitative estimate of drug-likeness (QED) is 0.808. The van der Waals surface area contributed by atoms with E-state index in [1.54, 1.807) is 23.7 Å². The molecule has 0 fully saturated rings. The van der Waals surface area contributed by atoms with E-state index in [0.29, 0.717) is 28.8 Å². The fourth-order valence-corrected chi connectivity index (χ4v) is 2.15. The van der Waals surface area contributed by atoms with E-state index in [0.717, 1.165) is 11.3 Å². The van der Waals surface area contributed by atoms with Gasteiger partial charge in [0.2, 0.25) is 0 Å². The molecule has 0 saturated carbocycles. The van der Waals surface area contributed by atoms with Gasteiger partial charge in [-0.3, -0.25) is 4.68 Å². The van der Waals surface area contributed by atoms with Crippen molar-refractivity contribution in [3.8, 4) is 0 Å². The Kier molecular flexibility index (Phi) is 4.68. The fraction of sp³-hybridized carbons (Fsp3) is 0.286. The summed E-state index contributed by atoms with van der Waals surface area (Å²) in [7, 11) is 0. The molecule has 106 valence electrons. The number of aromatic nitrogens is 2. The number of hydrogen-bond donors (Lipinski definition) is 0. The van der Waals surface area contributed by atoms with Crippen LogP contribution in [0.15, 0.2) is 24.4 Å². The van der Waals surface area contributed by atoms with E-state index in [9.17, 15) is 4.79 Å². The molecule has 0 saturated heterocycles. The maximum atomic E-state index is 11.7. The minimum atomic E-state index is -0.356. The molecule has 0 aliphatic rings. The molecule has 2 aromatic rings. The molecule has 1 aromatic heterocycles.